The van der Waals surface area contributed by atoms with Crippen molar-refractivity contribution in [3.8, 4) is 5.75 Å². The minimum absolute atomic E-state index is 0.0536. The summed E-state index contributed by atoms with van der Waals surface area (Å²) in [4.78, 5) is 29.2. The summed E-state index contributed by atoms with van der Waals surface area (Å²) < 4.78 is 49.0. The van der Waals surface area contributed by atoms with Crippen molar-refractivity contribution in [1.29, 1.82) is 0 Å². The van der Waals surface area contributed by atoms with Crippen molar-refractivity contribution in [2.75, 3.05) is 13.2 Å². The summed E-state index contributed by atoms with van der Waals surface area (Å²) in [6, 6.07) is 2.71. The summed E-state index contributed by atoms with van der Waals surface area (Å²) in [6.45, 7) is 0.823. The number of amides is 1. The number of fused-ring (bicyclic) bond motifs is 1. The Labute approximate surface area is 174 Å². The summed E-state index contributed by atoms with van der Waals surface area (Å²) in [7, 11) is -4.69. The fourth-order valence-electron chi connectivity index (χ4n) is 2.77. The molecular formula is C15H16BrF2N2O5PS2. The van der Waals surface area contributed by atoms with Gasteiger partial charge in [-0.25, -0.2) is 8.93 Å². The largest absolute Gasteiger partial charge is 0.492 e. The van der Waals surface area contributed by atoms with Crippen LogP contribution in [0.4, 0.5) is 8.78 Å². The molecule has 2 heterocycles. The van der Waals surface area contributed by atoms with Crippen LogP contribution in [-0.2, 0) is 16.6 Å². The normalized spacial score (nSPS) is 20.2. The van der Waals surface area contributed by atoms with Crippen LogP contribution in [0.3, 0.4) is 0 Å². The van der Waals surface area contributed by atoms with E-state index in [1.165, 1.54) is 12.1 Å². The highest BCUT2D eigenvalue weighted by molar-refractivity contribution is 9.10. The van der Waals surface area contributed by atoms with Crippen molar-refractivity contribution in [2.45, 2.75) is 23.8 Å². The number of nitrogens with two attached hydrogens (primary N) is 1. The van der Waals surface area contributed by atoms with Gasteiger partial charge >= 0.3 is 5.66 Å². The number of alkyl halides is 2. The minimum Gasteiger partial charge on any atom is -0.492 e. The second-order valence-electron chi connectivity index (χ2n) is 6.03. The zero-order valence-corrected chi connectivity index (χ0v) is 18.3. The molecule has 0 radical (unpaired) electrons. The number of hydrogen-bond donors (Lipinski definition) is 4. The van der Waals surface area contributed by atoms with E-state index in [1.54, 1.807) is 0 Å². The maximum atomic E-state index is 14.2. The molecule has 5 N–H and O–H groups in total. The zero-order chi connectivity index (χ0) is 20.6. The molecule has 1 amide bonds. The predicted octanol–water partition coefficient (Wildman–Crippen LogP) is 2.90. The second kappa shape index (κ2) is 8.55. The molecule has 0 aliphatic carbocycles. The molecule has 2 atom stereocenters. The van der Waals surface area contributed by atoms with E-state index in [0.29, 0.717) is 29.0 Å². The fourth-order valence-corrected chi connectivity index (χ4v) is 6.75. The number of carbonyl (C=O) groups is 1. The first kappa shape index (κ1) is 21.9. The summed E-state index contributed by atoms with van der Waals surface area (Å²) >= 11 is 3.71. The van der Waals surface area contributed by atoms with Gasteiger partial charge in [-0.05, 0) is 40.9 Å². The van der Waals surface area contributed by atoms with Crippen molar-refractivity contribution in [2.24, 2.45) is 5.73 Å². The Hall–Kier alpha value is -0.750. The molecule has 1 aliphatic rings. The molecule has 1 aliphatic heterocycles. The molecular weight excluding hydrogens is 501 g/mol. The van der Waals surface area contributed by atoms with E-state index in [1.807, 2.05) is 0 Å². The van der Waals surface area contributed by atoms with E-state index in [4.69, 9.17) is 20.3 Å². The molecule has 1 aromatic heterocycles. The van der Waals surface area contributed by atoms with E-state index in [2.05, 4.69) is 20.7 Å². The Bertz CT molecular complexity index is 943. The first-order valence-electron chi connectivity index (χ1n) is 8.02. The summed E-state index contributed by atoms with van der Waals surface area (Å²) in [5, 5.41) is 0.186. The zero-order valence-electron chi connectivity index (χ0n) is 14.2. The number of hydrogen-bond acceptors (Lipinski definition) is 6. The third-order valence-electron chi connectivity index (χ3n) is 4.21. The van der Waals surface area contributed by atoms with Gasteiger partial charge in [-0.15, -0.1) is 11.3 Å². The Morgan fingerprint density at radius 2 is 2.21 bits per heavy atom. The molecule has 7 nitrogen and oxygen atoms in total. The first-order valence-corrected chi connectivity index (χ1v) is 12.1. The Kier molecular flexibility index (Phi) is 6.70. The highest BCUT2D eigenvalue weighted by atomic mass is 79.9. The molecule has 2 unspecified atom stereocenters. The molecule has 0 spiro atoms. The number of benzene rings is 1. The first-order chi connectivity index (χ1) is 13.1. The third kappa shape index (κ3) is 4.23. The van der Waals surface area contributed by atoms with Crippen LogP contribution < -0.4 is 15.2 Å². The topological polar surface area (TPSA) is 122 Å². The number of ether oxygens (including phenoxy) is 1. The number of halogens is 3. The van der Waals surface area contributed by atoms with Crippen molar-refractivity contribution in [3.05, 3.63) is 27.0 Å². The monoisotopic (exact) mass is 516 g/mol. The number of carbonyl (C=O) groups excluding carboxylic acids is 1. The standard InChI is InChI=1S/C15H16BrF2N2O5PS2/c16-11-9-5-7(14(19)21)6-10(25-4-2-8-1-3-20-28(8)24)12(9)27-13(11)15(17,18)26(22)23/h5-6,8,20,22-23H,1-4H2,(H2,19,21). The summed E-state index contributed by atoms with van der Waals surface area (Å²) in [5.41, 5.74) is 1.55. The van der Waals surface area contributed by atoms with Gasteiger partial charge in [0.2, 0.25) is 14.3 Å². The Morgan fingerprint density at radius 3 is 2.79 bits per heavy atom. The van der Waals surface area contributed by atoms with Crippen LogP contribution in [0, 0.1) is 0 Å². The van der Waals surface area contributed by atoms with Gasteiger partial charge in [0.25, 0.3) is 0 Å². The van der Waals surface area contributed by atoms with Crippen LogP contribution in [0.25, 0.3) is 10.1 Å². The van der Waals surface area contributed by atoms with Gasteiger partial charge in [-0.2, -0.15) is 8.78 Å². The highest BCUT2D eigenvalue weighted by Crippen LogP contribution is 2.58. The predicted molar refractivity (Wildman–Crippen MR) is 108 cm³/mol. The van der Waals surface area contributed by atoms with E-state index < -0.39 is 35.8 Å². The van der Waals surface area contributed by atoms with Crippen LogP contribution >= 0.6 is 35.6 Å². The lowest BCUT2D eigenvalue weighted by Gasteiger charge is -2.15. The molecule has 0 saturated carbocycles. The lowest BCUT2D eigenvalue weighted by atomic mass is 10.1. The molecule has 13 heteroatoms. The highest BCUT2D eigenvalue weighted by Gasteiger charge is 2.45. The molecule has 1 aromatic carbocycles. The third-order valence-corrected chi connectivity index (χ3v) is 9.03. The van der Waals surface area contributed by atoms with Crippen molar-refractivity contribution < 1.29 is 32.3 Å². The summed E-state index contributed by atoms with van der Waals surface area (Å²) in [6.07, 6.45) is 1.22. The SMILES string of the molecule is NC(=O)c1cc(OCCC2CCNS2=O)c2sc(C(F)(F)P(O)O)c(Br)c2c1. The van der Waals surface area contributed by atoms with E-state index in [-0.39, 0.29) is 33.0 Å². The van der Waals surface area contributed by atoms with Gasteiger partial charge in [0.05, 0.1) is 32.4 Å². The lowest BCUT2D eigenvalue weighted by Crippen LogP contribution is -2.18. The van der Waals surface area contributed by atoms with E-state index in [9.17, 15) is 17.8 Å². The van der Waals surface area contributed by atoms with E-state index in [0.717, 1.165) is 6.42 Å². The minimum atomic E-state index is -3.85. The Morgan fingerprint density at radius 1 is 1.50 bits per heavy atom. The van der Waals surface area contributed by atoms with Crippen molar-refractivity contribution in [3.63, 3.8) is 0 Å². The van der Waals surface area contributed by atoms with Crippen LogP contribution in [-0.4, -0.2) is 38.3 Å². The maximum Gasteiger partial charge on any atom is 0.349 e. The molecule has 1 fully saturated rings. The maximum absolute atomic E-state index is 14.2. The molecule has 1 saturated heterocycles. The quantitative estimate of drug-likeness (QED) is 0.421. The second-order valence-corrected chi connectivity index (χ2v) is 10.5. The number of thiophene rings is 1. The molecule has 154 valence electrons. The molecule has 0 bridgehead atoms. The lowest BCUT2D eigenvalue weighted by molar-refractivity contribution is 0.0766. The smallest absolute Gasteiger partial charge is 0.349 e. The molecule has 2 aromatic rings. The summed E-state index contributed by atoms with van der Waals surface area (Å²) in [5.74, 6) is -0.582. The van der Waals surface area contributed by atoms with Crippen molar-refractivity contribution >= 4 is 62.6 Å². The van der Waals surface area contributed by atoms with Gasteiger partial charge in [0.15, 0.2) is 0 Å². The van der Waals surface area contributed by atoms with Crippen LogP contribution in [0.2, 0.25) is 0 Å². The van der Waals surface area contributed by atoms with E-state index >= 15 is 0 Å². The number of primary amides is 1. The van der Waals surface area contributed by atoms with Gasteiger partial charge in [0.1, 0.15) is 5.75 Å². The van der Waals surface area contributed by atoms with Crippen LogP contribution in [0.5, 0.6) is 5.75 Å². The van der Waals surface area contributed by atoms with Crippen LogP contribution in [0.15, 0.2) is 16.6 Å². The molecule has 3 rings (SSSR count). The van der Waals surface area contributed by atoms with Gasteiger partial charge in [-0.3, -0.25) is 4.79 Å². The van der Waals surface area contributed by atoms with Crippen molar-refractivity contribution in [1.82, 2.24) is 4.72 Å². The number of nitrogens with one attached hydrogen (secondary N) is 1. The average molecular weight is 517 g/mol. The Balaban J connectivity index is 1.97. The average Bonchev–Trinajstić information content (AvgIpc) is 3.18. The number of rotatable bonds is 7. The van der Waals surface area contributed by atoms with Gasteiger partial charge in [-0.1, -0.05) is 0 Å². The molecule has 28 heavy (non-hydrogen) atoms. The van der Waals surface area contributed by atoms with Gasteiger partial charge < -0.3 is 20.3 Å². The van der Waals surface area contributed by atoms with Gasteiger partial charge in [0, 0.05) is 22.0 Å². The fraction of sp³-hybridized carbons (Fsp3) is 0.400. The van der Waals surface area contributed by atoms with Crippen LogP contribution in [0.1, 0.15) is 28.1 Å².